The van der Waals surface area contributed by atoms with Gasteiger partial charge in [0, 0.05) is 13.7 Å². The smallest absolute Gasteiger partial charge is 0.159 e. The van der Waals surface area contributed by atoms with Crippen LogP contribution in [0.2, 0.25) is 0 Å². The molecule has 0 aromatic heterocycles. The number of hydrogen-bond donors (Lipinski definition) is 0. The third-order valence-electron chi connectivity index (χ3n) is 3.62. The van der Waals surface area contributed by atoms with E-state index >= 15 is 0 Å². The summed E-state index contributed by atoms with van der Waals surface area (Å²) in [5.74, 6) is 2.72. The largest absolute Gasteiger partial charge is 0.375 e. The molecule has 0 aliphatic carbocycles. The fourth-order valence-electron chi connectivity index (χ4n) is 2.20. The number of terminal acetylenes is 1. The zero-order valence-electron chi connectivity index (χ0n) is 11.9. The topological polar surface area (TPSA) is 27.7 Å². The Kier molecular flexibility index (Phi) is 6.70. The van der Waals surface area contributed by atoms with E-state index in [-0.39, 0.29) is 12.4 Å². The fourth-order valence-corrected chi connectivity index (χ4v) is 2.20. The quantitative estimate of drug-likeness (QED) is 0.653. The Morgan fingerprint density at radius 3 is 2.78 bits per heavy atom. The lowest BCUT2D eigenvalue weighted by Crippen LogP contribution is -2.45. The van der Waals surface area contributed by atoms with Gasteiger partial charge in [-0.3, -0.25) is 0 Å². The van der Waals surface area contributed by atoms with Crippen molar-refractivity contribution in [1.82, 2.24) is 0 Å². The molecular formula is C15H26O3. The summed E-state index contributed by atoms with van der Waals surface area (Å²) in [7, 11) is 1.70. The minimum absolute atomic E-state index is 0.170. The van der Waals surface area contributed by atoms with Crippen LogP contribution in [0, 0.1) is 12.3 Å². The Morgan fingerprint density at radius 2 is 2.28 bits per heavy atom. The average Bonchev–Trinajstić information content (AvgIpc) is 2.43. The number of methoxy groups -OCH3 is 1. The maximum absolute atomic E-state index is 5.91. The van der Waals surface area contributed by atoms with Gasteiger partial charge in [0.1, 0.15) is 11.7 Å². The first-order chi connectivity index (χ1) is 8.66. The van der Waals surface area contributed by atoms with E-state index in [9.17, 15) is 0 Å². The van der Waals surface area contributed by atoms with E-state index in [0.717, 1.165) is 45.1 Å². The van der Waals surface area contributed by atoms with Gasteiger partial charge in [0.05, 0.1) is 0 Å². The molecule has 0 bridgehead atoms. The molecule has 0 aromatic carbocycles. The Labute approximate surface area is 111 Å². The minimum atomic E-state index is -0.425. The molecule has 0 aromatic rings. The zero-order chi connectivity index (χ0) is 13.4. The highest BCUT2D eigenvalue weighted by Gasteiger charge is 2.35. The van der Waals surface area contributed by atoms with Gasteiger partial charge in [0.15, 0.2) is 6.29 Å². The van der Waals surface area contributed by atoms with Crippen molar-refractivity contribution < 1.29 is 14.2 Å². The number of hydrogen-bond acceptors (Lipinski definition) is 3. The molecule has 3 heteroatoms. The molecule has 0 saturated carbocycles. The highest BCUT2D eigenvalue weighted by atomic mass is 16.7. The number of unbranched alkanes of at least 4 members (excludes halogenated alkanes) is 1. The summed E-state index contributed by atoms with van der Waals surface area (Å²) in [6.45, 7) is 4.95. The van der Waals surface area contributed by atoms with Crippen molar-refractivity contribution in [3.05, 3.63) is 0 Å². The van der Waals surface area contributed by atoms with Crippen LogP contribution < -0.4 is 0 Å². The van der Waals surface area contributed by atoms with Gasteiger partial charge < -0.3 is 14.2 Å². The van der Waals surface area contributed by atoms with Crippen molar-refractivity contribution in [1.29, 1.82) is 0 Å². The van der Waals surface area contributed by atoms with Gasteiger partial charge in [0.2, 0.25) is 0 Å². The van der Waals surface area contributed by atoms with Crippen LogP contribution in [0.1, 0.15) is 52.4 Å². The van der Waals surface area contributed by atoms with Crippen molar-refractivity contribution in [3.63, 3.8) is 0 Å². The van der Waals surface area contributed by atoms with Crippen LogP contribution in [0.15, 0.2) is 0 Å². The summed E-state index contributed by atoms with van der Waals surface area (Å²) in [5, 5.41) is 0. The highest BCUT2D eigenvalue weighted by molar-refractivity contribution is 5.05. The molecule has 18 heavy (non-hydrogen) atoms. The summed E-state index contributed by atoms with van der Waals surface area (Å²) < 4.78 is 17.1. The lowest BCUT2D eigenvalue weighted by molar-refractivity contribution is -0.215. The second kappa shape index (κ2) is 7.78. The number of ether oxygens (including phenoxy) is 3. The molecule has 1 saturated heterocycles. The lowest BCUT2D eigenvalue weighted by atomic mass is 9.92. The van der Waals surface area contributed by atoms with Crippen molar-refractivity contribution >= 4 is 0 Å². The molecule has 0 amide bonds. The summed E-state index contributed by atoms with van der Waals surface area (Å²) in [4.78, 5) is 0. The second-order valence-electron chi connectivity index (χ2n) is 5.10. The van der Waals surface area contributed by atoms with Crippen LogP contribution in [0.5, 0.6) is 0 Å². The Balaban J connectivity index is 2.58. The molecule has 3 atom stereocenters. The molecule has 0 radical (unpaired) electrons. The fraction of sp³-hybridized carbons (Fsp3) is 0.867. The van der Waals surface area contributed by atoms with E-state index in [2.05, 4.69) is 12.8 Å². The standard InChI is InChI=1S/C15H26O3/c1-5-7-11-15(3,16-4)13(6-2)18-14-10-8-9-12-17-14/h2,13-14H,5,7-12H2,1,3-4H3/t13-,14?,15-/m1/s1. The van der Waals surface area contributed by atoms with E-state index in [1.54, 1.807) is 7.11 Å². The van der Waals surface area contributed by atoms with Crippen LogP contribution in [-0.2, 0) is 14.2 Å². The van der Waals surface area contributed by atoms with E-state index < -0.39 is 5.60 Å². The second-order valence-corrected chi connectivity index (χ2v) is 5.10. The molecular weight excluding hydrogens is 228 g/mol. The number of rotatable bonds is 7. The summed E-state index contributed by atoms with van der Waals surface area (Å²) in [6.07, 6.45) is 11.4. The van der Waals surface area contributed by atoms with Crippen molar-refractivity contribution in [2.75, 3.05) is 13.7 Å². The van der Waals surface area contributed by atoms with E-state index in [0.29, 0.717) is 0 Å². The SMILES string of the molecule is C#C[C@@H](OC1CCCCO1)[C@@](C)(CCCC)OC. The molecule has 0 spiro atoms. The third kappa shape index (κ3) is 4.28. The molecule has 1 aliphatic rings. The Bertz CT molecular complexity index is 265. The summed E-state index contributed by atoms with van der Waals surface area (Å²) in [5.41, 5.74) is -0.425. The predicted molar refractivity (Wildman–Crippen MR) is 72.2 cm³/mol. The van der Waals surface area contributed by atoms with Crippen LogP contribution in [-0.4, -0.2) is 31.7 Å². The van der Waals surface area contributed by atoms with Gasteiger partial charge in [-0.15, -0.1) is 6.42 Å². The molecule has 1 rings (SSSR count). The maximum atomic E-state index is 5.91. The van der Waals surface area contributed by atoms with Gasteiger partial charge in [-0.25, -0.2) is 0 Å². The van der Waals surface area contributed by atoms with Gasteiger partial charge in [-0.05, 0) is 32.6 Å². The minimum Gasteiger partial charge on any atom is -0.375 e. The first-order valence-electron chi connectivity index (χ1n) is 6.94. The van der Waals surface area contributed by atoms with E-state index in [4.69, 9.17) is 20.6 Å². The first-order valence-corrected chi connectivity index (χ1v) is 6.94. The van der Waals surface area contributed by atoms with E-state index in [1.807, 2.05) is 6.92 Å². The summed E-state index contributed by atoms with van der Waals surface area (Å²) in [6, 6.07) is 0. The molecule has 1 unspecified atom stereocenters. The zero-order valence-corrected chi connectivity index (χ0v) is 11.9. The monoisotopic (exact) mass is 254 g/mol. The molecule has 0 N–H and O–H groups in total. The predicted octanol–water partition coefficient (Wildman–Crippen LogP) is 3.13. The highest BCUT2D eigenvalue weighted by Crippen LogP contribution is 2.27. The van der Waals surface area contributed by atoms with E-state index in [1.165, 1.54) is 0 Å². The van der Waals surface area contributed by atoms with Crippen LogP contribution in [0.4, 0.5) is 0 Å². The summed E-state index contributed by atoms with van der Waals surface area (Å²) >= 11 is 0. The van der Waals surface area contributed by atoms with Crippen molar-refractivity contribution in [2.24, 2.45) is 0 Å². The van der Waals surface area contributed by atoms with Crippen molar-refractivity contribution in [3.8, 4) is 12.3 Å². The van der Waals surface area contributed by atoms with Crippen LogP contribution in [0.25, 0.3) is 0 Å². The normalized spacial score (nSPS) is 25.1. The maximum Gasteiger partial charge on any atom is 0.159 e. The first kappa shape index (κ1) is 15.5. The molecule has 104 valence electrons. The van der Waals surface area contributed by atoms with Crippen LogP contribution in [0.3, 0.4) is 0 Å². The van der Waals surface area contributed by atoms with Crippen molar-refractivity contribution in [2.45, 2.75) is 70.4 Å². The Hall–Kier alpha value is -0.560. The van der Waals surface area contributed by atoms with Gasteiger partial charge in [-0.2, -0.15) is 0 Å². The lowest BCUT2D eigenvalue weighted by Gasteiger charge is -2.36. The third-order valence-corrected chi connectivity index (χ3v) is 3.62. The molecule has 1 fully saturated rings. The molecule has 1 aliphatic heterocycles. The van der Waals surface area contributed by atoms with Gasteiger partial charge in [-0.1, -0.05) is 25.7 Å². The van der Waals surface area contributed by atoms with Gasteiger partial charge >= 0.3 is 0 Å². The van der Waals surface area contributed by atoms with Gasteiger partial charge in [0.25, 0.3) is 0 Å². The van der Waals surface area contributed by atoms with Crippen LogP contribution >= 0.6 is 0 Å². The average molecular weight is 254 g/mol. The molecule has 3 nitrogen and oxygen atoms in total. The Morgan fingerprint density at radius 1 is 1.50 bits per heavy atom. The molecule has 1 heterocycles.